The quantitative estimate of drug-likeness (QED) is 0.225. The predicted molar refractivity (Wildman–Crippen MR) is 117 cm³/mol. The first-order chi connectivity index (χ1) is 12.2. The maximum Gasteiger partial charge on any atom is 0.220 e. The first-order valence-corrected chi connectivity index (χ1v) is 9.59. The zero-order valence-corrected chi connectivity index (χ0v) is 17.9. The van der Waals surface area contributed by atoms with Crippen LogP contribution in [0.4, 0.5) is 0 Å². The van der Waals surface area contributed by atoms with E-state index in [9.17, 15) is 4.79 Å². The number of carbonyl (C=O) groups excluding carboxylic acids is 1. The molecule has 0 unspecified atom stereocenters. The topological polar surface area (TPSA) is 65.5 Å². The molecule has 2 fully saturated rings. The van der Waals surface area contributed by atoms with Gasteiger partial charge in [-0.3, -0.25) is 9.79 Å². The zero-order valence-electron chi connectivity index (χ0n) is 15.6. The lowest BCUT2D eigenvalue weighted by atomic mass is 9.96. The highest BCUT2D eigenvalue weighted by Crippen LogP contribution is 2.48. The van der Waals surface area contributed by atoms with E-state index in [4.69, 9.17) is 4.99 Å². The summed E-state index contributed by atoms with van der Waals surface area (Å²) in [5.41, 5.74) is 1.62. The average Bonchev–Trinajstić information content (AvgIpc) is 3.53. The van der Waals surface area contributed by atoms with E-state index in [1.54, 1.807) is 0 Å². The van der Waals surface area contributed by atoms with Crippen molar-refractivity contribution >= 4 is 35.8 Å². The average molecular weight is 470 g/mol. The molecule has 0 aliphatic heterocycles. The van der Waals surface area contributed by atoms with Crippen molar-refractivity contribution in [2.45, 2.75) is 56.9 Å². The van der Waals surface area contributed by atoms with Gasteiger partial charge >= 0.3 is 0 Å². The van der Waals surface area contributed by atoms with Gasteiger partial charge in [0, 0.05) is 31.0 Å². The fourth-order valence-corrected chi connectivity index (χ4v) is 3.04. The number of halogens is 1. The van der Waals surface area contributed by atoms with Gasteiger partial charge in [0.15, 0.2) is 5.96 Å². The Bertz CT molecular complexity index is 597. The molecule has 0 heterocycles. The summed E-state index contributed by atoms with van der Waals surface area (Å²) in [7, 11) is 0. The number of hydrogen-bond acceptors (Lipinski definition) is 2. The van der Waals surface area contributed by atoms with Gasteiger partial charge in [-0.1, -0.05) is 30.3 Å². The van der Waals surface area contributed by atoms with E-state index in [2.05, 4.69) is 53.2 Å². The summed E-state index contributed by atoms with van der Waals surface area (Å²) >= 11 is 0. The Labute approximate surface area is 173 Å². The van der Waals surface area contributed by atoms with Crippen molar-refractivity contribution in [3.63, 3.8) is 0 Å². The van der Waals surface area contributed by atoms with Crippen molar-refractivity contribution < 1.29 is 4.79 Å². The van der Waals surface area contributed by atoms with E-state index in [1.807, 2.05) is 0 Å². The fraction of sp³-hybridized carbons (Fsp3) is 0.600. The Hall–Kier alpha value is -1.31. The van der Waals surface area contributed by atoms with Crippen molar-refractivity contribution in [1.29, 1.82) is 0 Å². The van der Waals surface area contributed by atoms with Gasteiger partial charge in [0.2, 0.25) is 5.91 Å². The largest absolute Gasteiger partial charge is 0.357 e. The number of aliphatic imine (C=N–C) groups is 1. The molecule has 3 N–H and O–H groups in total. The summed E-state index contributed by atoms with van der Waals surface area (Å²) in [6.07, 6.45) is 6.11. The number of amides is 1. The lowest BCUT2D eigenvalue weighted by Crippen LogP contribution is -2.38. The Balaban J connectivity index is 0.00000243. The molecule has 3 rings (SSSR count). The van der Waals surface area contributed by atoms with Crippen LogP contribution in [-0.2, 0) is 10.2 Å². The van der Waals surface area contributed by atoms with Crippen molar-refractivity contribution in [3.05, 3.63) is 35.9 Å². The minimum atomic E-state index is 0. The van der Waals surface area contributed by atoms with Gasteiger partial charge in [0.1, 0.15) is 0 Å². The highest BCUT2D eigenvalue weighted by atomic mass is 127. The van der Waals surface area contributed by atoms with Crippen LogP contribution in [-0.4, -0.2) is 37.5 Å². The van der Waals surface area contributed by atoms with Gasteiger partial charge in [0.05, 0.1) is 6.54 Å². The van der Waals surface area contributed by atoms with E-state index >= 15 is 0 Å². The Morgan fingerprint density at radius 2 is 1.92 bits per heavy atom. The Kier molecular flexibility index (Phi) is 8.18. The second kappa shape index (κ2) is 10.1. The summed E-state index contributed by atoms with van der Waals surface area (Å²) in [4.78, 5) is 16.5. The molecule has 0 radical (unpaired) electrons. The molecule has 1 aromatic rings. The summed E-state index contributed by atoms with van der Waals surface area (Å²) in [6, 6.07) is 11.1. The smallest absolute Gasteiger partial charge is 0.220 e. The Morgan fingerprint density at radius 3 is 2.54 bits per heavy atom. The molecule has 144 valence electrons. The molecule has 1 aromatic carbocycles. The fourth-order valence-electron chi connectivity index (χ4n) is 3.04. The van der Waals surface area contributed by atoms with Gasteiger partial charge in [-0.05, 0) is 44.6 Å². The first kappa shape index (κ1) is 21.0. The van der Waals surface area contributed by atoms with E-state index in [0.717, 1.165) is 44.9 Å². The summed E-state index contributed by atoms with van der Waals surface area (Å²) in [5, 5.41) is 9.68. The van der Waals surface area contributed by atoms with E-state index in [0.29, 0.717) is 12.5 Å². The highest BCUT2D eigenvalue weighted by Gasteiger charge is 2.43. The molecule has 26 heavy (non-hydrogen) atoms. The van der Waals surface area contributed by atoms with Gasteiger partial charge < -0.3 is 16.0 Å². The third-order valence-electron chi connectivity index (χ3n) is 4.94. The number of nitrogens with one attached hydrogen (secondary N) is 3. The van der Waals surface area contributed by atoms with E-state index in [-0.39, 0.29) is 35.3 Å². The molecule has 0 saturated heterocycles. The van der Waals surface area contributed by atoms with Gasteiger partial charge in [0.25, 0.3) is 0 Å². The number of benzene rings is 1. The van der Waals surface area contributed by atoms with Crippen LogP contribution in [0.15, 0.2) is 35.3 Å². The van der Waals surface area contributed by atoms with Crippen LogP contribution in [0.5, 0.6) is 0 Å². The second-order valence-electron chi connectivity index (χ2n) is 7.21. The van der Waals surface area contributed by atoms with Crippen LogP contribution in [0.2, 0.25) is 0 Å². The maximum atomic E-state index is 11.7. The molecule has 2 aliphatic rings. The van der Waals surface area contributed by atoms with Crippen molar-refractivity contribution in [3.8, 4) is 0 Å². The van der Waals surface area contributed by atoms with Crippen molar-refractivity contribution in [2.24, 2.45) is 4.99 Å². The molecule has 0 bridgehead atoms. The monoisotopic (exact) mass is 470 g/mol. The molecule has 0 spiro atoms. The molecule has 2 aliphatic carbocycles. The molecule has 0 atom stereocenters. The van der Waals surface area contributed by atoms with Crippen LogP contribution >= 0.6 is 24.0 Å². The molecule has 1 amide bonds. The minimum absolute atomic E-state index is 0. The lowest BCUT2D eigenvalue weighted by molar-refractivity contribution is -0.121. The number of nitrogens with zero attached hydrogens (tertiary/aromatic N) is 1. The maximum absolute atomic E-state index is 11.7. The van der Waals surface area contributed by atoms with E-state index < -0.39 is 0 Å². The number of carbonyl (C=O) groups is 1. The summed E-state index contributed by atoms with van der Waals surface area (Å²) < 4.78 is 0. The van der Waals surface area contributed by atoms with Crippen LogP contribution in [0, 0.1) is 0 Å². The number of guanidine groups is 1. The van der Waals surface area contributed by atoms with Crippen LogP contribution < -0.4 is 16.0 Å². The van der Waals surface area contributed by atoms with Gasteiger partial charge in [-0.15, -0.1) is 24.0 Å². The van der Waals surface area contributed by atoms with Gasteiger partial charge in [-0.25, -0.2) is 0 Å². The molecule has 0 aromatic heterocycles. The minimum Gasteiger partial charge on any atom is -0.357 e. The zero-order chi connectivity index (χ0) is 17.5. The molecule has 2 saturated carbocycles. The SMILES string of the molecule is CCNC(=NCC1(c2ccccc2)CC1)NCCCC(=O)NC1CC1.I. The number of rotatable bonds is 9. The van der Waals surface area contributed by atoms with Crippen LogP contribution in [0.3, 0.4) is 0 Å². The van der Waals surface area contributed by atoms with Crippen molar-refractivity contribution in [1.82, 2.24) is 16.0 Å². The molecular formula is C20H31IN4O. The van der Waals surface area contributed by atoms with Crippen LogP contribution in [0.1, 0.15) is 51.0 Å². The highest BCUT2D eigenvalue weighted by molar-refractivity contribution is 14.0. The Morgan fingerprint density at radius 1 is 1.19 bits per heavy atom. The molecule has 6 heteroatoms. The van der Waals surface area contributed by atoms with Gasteiger partial charge in [-0.2, -0.15) is 0 Å². The second-order valence-corrected chi connectivity index (χ2v) is 7.21. The van der Waals surface area contributed by atoms with Crippen molar-refractivity contribution in [2.75, 3.05) is 19.6 Å². The standard InChI is InChI=1S/C20H30N4O.HI/c1-2-21-19(22-14-6-9-18(25)24-17-10-11-17)23-15-20(12-13-20)16-7-4-3-5-8-16;/h3-5,7-8,17H,2,6,9-15H2,1H3,(H,24,25)(H2,21,22,23);1H. The third kappa shape index (κ3) is 6.45. The van der Waals surface area contributed by atoms with Crippen LogP contribution in [0.25, 0.3) is 0 Å². The predicted octanol–water partition coefficient (Wildman–Crippen LogP) is 2.95. The normalized spacial score (nSPS) is 17.8. The number of hydrogen-bond donors (Lipinski definition) is 3. The lowest BCUT2D eigenvalue weighted by Gasteiger charge is -2.16. The molecule has 5 nitrogen and oxygen atoms in total. The third-order valence-corrected chi connectivity index (χ3v) is 4.94. The molecular weight excluding hydrogens is 439 g/mol. The summed E-state index contributed by atoms with van der Waals surface area (Å²) in [5.74, 6) is 1.03. The van der Waals surface area contributed by atoms with E-state index in [1.165, 1.54) is 18.4 Å². The first-order valence-electron chi connectivity index (χ1n) is 9.59. The summed E-state index contributed by atoms with van der Waals surface area (Å²) in [6.45, 7) is 4.49.